The average molecular weight is 464 g/mol. The Bertz CT molecular complexity index is 1140. The van der Waals surface area contributed by atoms with E-state index in [1.165, 1.54) is 17.4 Å². The second-order valence-electron chi connectivity index (χ2n) is 6.34. The summed E-state index contributed by atoms with van der Waals surface area (Å²) in [6.07, 6.45) is -6.67. The van der Waals surface area contributed by atoms with Crippen LogP contribution in [-0.4, -0.2) is 40.7 Å². The number of rotatable bonds is 7. The highest BCUT2D eigenvalue weighted by Gasteiger charge is 2.40. The van der Waals surface area contributed by atoms with Crippen molar-refractivity contribution in [1.29, 1.82) is 0 Å². The Morgan fingerprint density at radius 3 is 2.36 bits per heavy atom. The van der Waals surface area contributed by atoms with Crippen LogP contribution in [0.4, 0.5) is 29.3 Å². The van der Waals surface area contributed by atoms with E-state index in [0.717, 1.165) is 12.1 Å². The van der Waals surface area contributed by atoms with Crippen LogP contribution in [0.25, 0.3) is 0 Å². The van der Waals surface area contributed by atoms with Gasteiger partial charge in [0, 0.05) is 23.6 Å². The monoisotopic (exact) mass is 464 g/mol. The molecule has 0 aliphatic carbocycles. The molecule has 172 valence electrons. The first-order valence-electron chi connectivity index (χ1n) is 9.15. The number of hydrogen-bond donors (Lipinski definition) is 2. The van der Waals surface area contributed by atoms with Gasteiger partial charge in [-0.15, -0.1) is 0 Å². The van der Waals surface area contributed by atoms with E-state index in [0.29, 0.717) is 0 Å². The second kappa shape index (κ2) is 10.8. The molecule has 0 aliphatic rings. The van der Waals surface area contributed by atoms with Gasteiger partial charge in [0.2, 0.25) is 0 Å². The first-order valence-corrected chi connectivity index (χ1v) is 9.15. The van der Waals surface area contributed by atoms with Crippen LogP contribution < -0.4 is 5.32 Å². The number of nitrogens with zero attached hydrogens (tertiary/aromatic N) is 1. The van der Waals surface area contributed by atoms with Crippen molar-refractivity contribution in [2.24, 2.45) is 0 Å². The number of hydrogen-bond acceptors (Lipinski definition) is 6. The molecule has 2 aromatic rings. The predicted molar refractivity (Wildman–Crippen MR) is 108 cm³/mol. The van der Waals surface area contributed by atoms with Crippen LogP contribution in [-0.2, 0) is 9.53 Å². The lowest BCUT2D eigenvalue weighted by molar-refractivity contribution is -0.384. The number of halogens is 3. The molecule has 0 spiro atoms. The fraction of sp³-hybridized carbons (Fsp3) is 0.190. The number of benzene rings is 2. The first-order chi connectivity index (χ1) is 15.5. The minimum absolute atomic E-state index is 0.0184. The topological polar surface area (TPSA) is 136 Å². The summed E-state index contributed by atoms with van der Waals surface area (Å²) < 4.78 is 42.5. The number of alkyl halides is 3. The van der Waals surface area contributed by atoms with Crippen molar-refractivity contribution in [3.05, 3.63) is 69.3 Å². The Kier molecular flexibility index (Phi) is 8.11. The van der Waals surface area contributed by atoms with Crippen LogP contribution in [0.5, 0.6) is 0 Å². The Labute approximate surface area is 184 Å². The number of carboxylic acid groups (broad SMARTS) is 1. The number of ketones is 1. The maximum Gasteiger partial charge on any atom is 0.505 e. The molecule has 2 rings (SSSR count). The molecule has 2 N–H and O–H groups in total. The van der Waals surface area contributed by atoms with E-state index in [1.54, 1.807) is 18.2 Å². The summed E-state index contributed by atoms with van der Waals surface area (Å²) in [5.74, 6) is 1.82. The van der Waals surface area contributed by atoms with E-state index in [4.69, 9.17) is 5.11 Å². The predicted octanol–water partition coefficient (Wildman–Crippen LogP) is 4.15. The van der Waals surface area contributed by atoms with Crippen LogP contribution >= 0.6 is 0 Å². The smallest absolute Gasteiger partial charge is 0.450 e. The molecule has 0 radical (unpaired) electrons. The number of amides is 1. The zero-order chi connectivity index (χ0) is 24.6. The summed E-state index contributed by atoms with van der Waals surface area (Å²) in [6, 6.07) is 9.43. The summed E-state index contributed by atoms with van der Waals surface area (Å²) in [4.78, 5) is 45.0. The summed E-state index contributed by atoms with van der Waals surface area (Å²) in [5.41, 5.74) is -2.21. The number of unbranched alkanes of at least 4 members (excludes halogenated alkanes) is 1. The highest BCUT2D eigenvalue weighted by molar-refractivity contribution is 6.10. The fourth-order valence-electron chi connectivity index (χ4n) is 2.55. The molecule has 0 saturated carbocycles. The number of ether oxygens (including phenoxy) is 1. The minimum Gasteiger partial charge on any atom is -0.450 e. The van der Waals surface area contributed by atoms with Gasteiger partial charge in [0.25, 0.3) is 5.69 Å². The summed E-state index contributed by atoms with van der Waals surface area (Å²) in [6.45, 7) is -0.200. The maximum atomic E-state index is 12.8. The van der Waals surface area contributed by atoms with Crippen LogP contribution in [0.15, 0.2) is 42.5 Å². The standard InChI is InChI=1S/C21H15F3N2O7/c22-21(23,24)19(28)25-17-14(9-5-2-6-10-33-20(29)30)11-15(12-16(17)26(31)32)18(27)13-7-3-1-4-8-13/h1,3-4,7-8,11-12H,2,6,10H2,(H,25,28)(H,29,30). The molecule has 0 unspecified atom stereocenters. The van der Waals surface area contributed by atoms with Gasteiger partial charge in [-0.25, -0.2) is 4.79 Å². The van der Waals surface area contributed by atoms with Crippen molar-refractivity contribution in [2.45, 2.75) is 19.0 Å². The molecule has 2 aromatic carbocycles. The number of carbonyl (C=O) groups excluding carboxylic acids is 2. The quantitative estimate of drug-likeness (QED) is 0.157. The van der Waals surface area contributed by atoms with Crippen LogP contribution in [0.1, 0.15) is 34.3 Å². The zero-order valence-corrected chi connectivity index (χ0v) is 16.6. The van der Waals surface area contributed by atoms with Crippen molar-refractivity contribution < 1.29 is 42.3 Å². The van der Waals surface area contributed by atoms with Gasteiger partial charge in [-0.05, 0) is 12.5 Å². The Morgan fingerprint density at radius 1 is 1.12 bits per heavy atom. The number of nitro groups is 1. The lowest BCUT2D eigenvalue weighted by Crippen LogP contribution is -2.30. The number of nitrogens with one attached hydrogen (secondary N) is 1. The summed E-state index contributed by atoms with van der Waals surface area (Å²) in [7, 11) is 0. The van der Waals surface area contributed by atoms with Crippen molar-refractivity contribution in [3.8, 4) is 11.8 Å². The largest absolute Gasteiger partial charge is 0.505 e. The van der Waals surface area contributed by atoms with E-state index >= 15 is 0 Å². The third kappa shape index (κ3) is 7.06. The van der Waals surface area contributed by atoms with E-state index in [-0.39, 0.29) is 36.1 Å². The van der Waals surface area contributed by atoms with Crippen LogP contribution in [0.2, 0.25) is 0 Å². The number of nitro benzene ring substituents is 1. The van der Waals surface area contributed by atoms with Gasteiger partial charge >= 0.3 is 18.2 Å². The molecule has 12 heteroatoms. The molecule has 0 aliphatic heterocycles. The summed E-state index contributed by atoms with van der Waals surface area (Å²) in [5, 5.41) is 21.4. The van der Waals surface area contributed by atoms with Gasteiger partial charge in [0.05, 0.1) is 17.1 Å². The molecular weight excluding hydrogens is 449 g/mol. The zero-order valence-electron chi connectivity index (χ0n) is 16.6. The van der Waals surface area contributed by atoms with Gasteiger partial charge in [-0.1, -0.05) is 42.2 Å². The number of carbonyl (C=O) groups is 3. The lowest BCUT2D eigenvalue weighted by atomic mass is 9.99. The van der Waals surface area contributed by atoms with Crippen molar-refractivity contribution >= 4 is 29.2 Å². The average Bonchev–Trinajstić information content (AvgIpc) is 2.75. The van der Waals surface area contributed by atoms with Crippen molar-refractivity contribution in [2.75, 3.05) is 11.9 Å². The normalized spacial score (nSPS) is 10.5. The molecule has 0 atom stereocenters. The van der Waals surface area contributed by atoms with Crippen LogP contribution in [0, 0.1) is 22.0 Å². The molecule has 9 nitrogen and oxygen atoms in total. The van der Waals surface area contributed by atoms with E-state index in [2.05, 4.69) is 16.6 Å². The number of anilines is 1. The van der Waals surface area contributed by atoms with E-state index in [9.17, 15) is 37.7 Å². The molecule has 33 heavy (non-hydrogen) atoms. The van der Waals surface area contributed by atoms with Gasteiger partial charge in [0.1, 0.15) is 5.69 Å². The molecule has 1 amide bonds. The molecule has 0 fully saturated rings. The third-order valence-corrected chi connectivity index (χ3v) is 4.00. The maximum absolute atomic E-state index is 12.8. The molecule has 0 saturated heterocycles. The molecular formula is C21H15F3N2O7. The van der Waals surface area contributed by atoms with E-state index < -0.39 is 40.3 Å². The Balaban J connectivity index is 2.51. The van der Waals surface area contributed by atoms with Gasteiger partial charge < -0.3 is 15.2 Å². The highest BCUT2D eigenvalue weighted by Crippen LogP contribution is 2.32. The SMILES string of the molecule is O=C(O)OCCCC#Cc1cc(C(=O)c2ccccc2)cc([N+](=O)[O-])c1NC(=O)C(F)(F)F. The third-order valence-electron chi connectivity index (χ3n) is 4.00. The highest BCUT2D eigenvalue weighted by atomic mass is 19.4. The van der Waals surface area contributed by atoms with Gasteiger partial charge in [-0.2, -0.15) is 13.2 Å². The fourth-order valence-corrected chi connectivity index (χ4v) is 2.55. The van der Waals surface area contributed by atoms with Crippen LogP contribution in [0.3, 0.4) is 0 Å². The van der Waals surface area contributed by atoms with Gasteiger partial charge in [-0.3, -0.25) is 19.7 Å². The van der Waals surface area contributed by atoms with E-state index in [1.807, 2.05) is 0 Å². The Hall–Kier alpha value is -4.40. The lowest BCUT2D eigenvalue weighted by Gasteiger charge is -2.12. The van der Waals surface area contributed by atoms with Crippen molar-refractivity contribution in [3.63, 3.8) is 0 Å². The molecule has 0 aromatic heterocycles. The minimum atomic E-state index is -5.33. The molecule has 0 bridgehead atoms. The Morgan fingerprint density at radius 2 is 1.79 bits per heavy atom. The van der Waals surface area contributed by atoms with Crippen molar-refractivity contribution in [1.82, 2.24) is 0 Å². The summed E-state index contributed by atoms with van der Waals surface area (Å²) >= 11 is 0. The second-order valence-corrected chi connectivity index (χ2v) is 6.34. The first kappa shape index (κ1) is 24.9. The molecule has 0 heterocycles. The van der Waals surface area contributed by atoms with Gasteiger partial charge in [0.15, 0.2) is 5.78 Å².